The summed E-state index contributed by atoms with van der Waals surface area (Å²) in [7, 11) is 0. The number of halogens is 1. The smallest absolute Gasteiger partial charge is 0.341 e. The number of thiophene rings is 1. The number of esters is 2. The maximum atomic E-state index is 13.7. The van der Waals surface area contributed by atoms with Gasteiger partial charge in [0.25, 0.3) is 5.91 Å². The number of carbonyl (C=O) groups excluding carboxylic acids is 3. The summed E-state index contributed by atoms with van der Waals surface area (Å²) in [5, 5.41) is 8.15. The quantitative estimate of drug-likeness (QED) is 0.166. The molecule has 0 unspecified atom stereocenters. The van der Waals surface area contributed by atoms with Gasteiger partial charge in [0.15, 0.2) is 5.76 Å². The summed E-state index contributed by atoms with van der Waals surface area (Å²) in [5.41, 5.74) is 1.37. The van der Waals surface area contributed by atoms with Gasteiger partial charge in [0.2, 0.25) is 6.79 Å². The molecule has 4 aromatic rings. The number of benzene rings is 1. The number of hydrogen-bond donors (Lipinski definition) is 1. The average molecular weight is 641 g/mol. The van der Waals surface area contributed by atoms with Crippen molar-refractivity contribution in [3.05, 3.63) is 63.8 Å². The van der Waals surface area contributed by atoms with Crippen LogP contribution in [0, 0.1) is 5.41 Å². The highest BCUT2D eigenvalue weighted by Crippen LogP contribution is 2.32. The van der Waals surface area contributed by atoms with Crippen LogP contribution in [0.15, 0.2) is 47.0 Å². The summed E-state index contributed by atoms with van der Waals surface area (Å²) in [5.74, 6) is -0.716. The van der Waals surface area contributed by atoms with E-state index in [0.29, 0.717) is 32.9 Å². The SMILES string of the molecule is CC(C)N1CCC(NC(=O)c2cc3cc(C(=O)OCOC(=O)C(C)(C)C)ccc3n2Cc2cc(-c3ccc(Cl)s3)on2)CC1. The van der Waals surface area contributed by atoms with Crippen LogP contribution >= 0.6 is 22.9 Å². The van der Waals surface area contributed by atoms with Crippen LogP contribution in [-0.4, -0.2) is 64.4 Å². The summed E-state index contributed by atoms with van der Waals surface area (Å²) >= 11 is 7.49. The van der Waals surface area contributed by atoms with E-state index in [9.17, 15) is 14.4 Å². The zero-order valence-corrected chi connectivity index (χ0v) is 27.1. The molecule has 1 aromatic carbocycles. The summed E-state index contributed by atoms with van der Waals surface area (Å²) in [6, 6.07) is 12.9. The highest BCUT2D eigenvalue weighted by Gasteiger charge is 2.26. The van der Waals surface area contributed by atoms with Crippen molar-refractivity contribution >= 4 is 51.7 Å². The fourth-order valence-corrected chi connectivity index (χ4v) is 6.11. The third-order valence-electron chi connectivity index (χ3n) is 7.65. The molecule has 12 heteroatoms. The number of nitrogens with zero attached hydrogens (tertiary/aromatic N) is 3. The largest absolute Gasteiger partial charge is 0.427 e. The van der Waals surface area contributed by atoms with Crippen LogP contribution in [0.1, 0.15) is 74.0 Å². The molecule has 1 amide bonds. The molecule has 4 heterocycles. The fourth-order valence-electron chi connectivity index (χ4n) is 5.12. The summed E-state index contributed by atoms with van der Waals surface area (Å²) in [6.07, 6.45) is 1.74. The van der Waals surface area contributed by atoms with Crippen molar-refractivity contribution in [1.82, 2.24) is 19.9 Å². The molecule has 0 radical (unpaired) electrons. The van der Waals surface area contributed by atoms with Gasteiger partial charge in [-0.2, -0.15) is 0 Å². The van der Waals surface area contributed by atoms with E-state index in [4.69, 9.17) is 25.6 Å². The van der Waals surface area contributed by atoms with Gasteiger partial charge in [0.05, 0.1) is 26.7 Å². The number of carbonyl (C=O) groups is 3. The normalized spacial score (nSPS) is 14.7. The second-order valence-corrected chi connectivity index (χ2v) is 14.0. The number of aromatic nitrogens is 2. The van der Waals surface area contributed by atoms with Gasteiger partial charge < -0.3 is 28.8 Å². The Morgan fingerprint density at radius 1 is 1.09 bits per heavy atom. The first kappa shape index (κ1) is 31.7. The predicted molar refractivity (Wildman–Crippen MR) is 169 cm³/mol. The Morgan fingerprint density at radius 2 is 1.84 bits per heavy atom. The highest BCUT2D eigenvalue weighted by molar-refractivity contribution is 7.19. The molecule has 0 bridgehead atoms. The molecule has 0 atom stereocenters. The minimum absolute atomic E-state index is 0.0625. The van der Waals surface area contributed by atoms with Crippen LogP contribution < -0.4 is 5.32 Å². The standard InChI is InChI=1S/C32H37ClN4O6S/c1-19(2)36-12-10-22(11-13-36)34-29(38)25-15-21-14-20(30(39)41-18-42-31(40)32(3,4)5)6-7-24(21)37(25)17-23-16-26(43-35-23)27-8-9-28(33)44-27/h6-9,14-16,19,22H,10-13,17-18H2,1-5H3,(H,34,38). The lowest BCUT2D eigenvalue weighted by Gasteiger charge is -2.34. The highest BCUT2D eigenvalue weighted by atomic mass is 35.5. The Morgan fingerprint density at radius 3 is 2.50 bits per heavy atom. The van der Waals surface area contributed by atoms with Gasteiger partial charge in [-0.3, -0.25) is 9.59 Å². The molecule has 10 nitrogen and oxygen atoms in total. The van der Waals surface area contributed by atoms with Gasteiger partial charge in [-0.15, -0.1) is 11.3 Å². The molecule has 1 N–H and O–H groups in total. The lowest BCUT2D eigenvalue weighted by Crippen LogP contribution is -2.46. The third-order valence-corrected chi connectivity index (χ3v) is 8.90. The fraction of sp³-hybridized carbons (Fsp3) is 0.438. The van der Waals surface area contributed by atoms with E-state index in [2.05, 4.69) is 29.2 Å². The minimum atomic E-state index is -0.710. The van der Waals surface area contributed by atoms with Crippen molar-refractivity contribution < 1.29 is 28.4 Å². The van der Waals surface area contributed by atoms with E-state index < -0.39 is 24.1 Å². The lowest BCUT2D eigenvalue weighted by molar-refractivity contribution is -0.161. The Bertz CT molecular complexity index is 1660. The Labute approximate surface area is 265 Å². The maximum absolute atomic E-state index is 13.7. The molecular weight excluding hydrogens is 604 g/mol. The van der Waals surface area contributed by atoms with E-state index in [1.807, 2.05) is 16.7 Å². The van der Waals surface area contributed by atoms with E-state index in [-0.39, 0.29) is 24.1 Å². The Hall–Kier alpha value is -3.67. The molecule has 1 aliphatic rings. The number of rotatable bonds is 9. The zero-order valence-electron chi connectivity index (χ0n) is 25.5. The van der Waals surface area contributed by atoms with Crippen LogP contribution in [0.25, 0.3) is 21.5 Å². The summed E-state index contributed by atoms with van der Waals surface area (Å²) < 4.78 is 18.4. The van der Waals surface area contributed by atoms with Crippen molar-refractivity contribution in [1.29, 1.82) is 0 Å². The van der Waals surface area contributed by atoms with E-state index in [0.717, 1.165) is 36.3 Å². The van der Waals surface area contributed by atoms with Gasteiger partial charge in [0.1, 0.15) is 11.4 Å². The van der Waals surface area contributed by atoms with E-state index >= 15 is 0 Å². The number of likely N-dealkylation sites (tertiary alicyclic amines) is 1. The number of amides is 1. The van der Waals surface area contributed by atoms with Gasteiger partial charge in [-0.25, -0.2) is 4.79 Å². The molecule has 0 spiro atoms. The lowest BCUT2D eigenvalue weighted by atomic mass is 9.98. The second-order valence-electron chi connectivity index (χ2n) is 12.3. The number of fused-ring (bicyclic) bond motifs is 1. The van der Waals surface area contributed by atoms with Gasteiger partial charge in [0, 0.05) is 42.1 Å². The molecule has 0 saturated carbocycles. The van der Waals surface area contributed by atoms with Crippen molar-refractivity contribution in [2.45, 2.75) is 66.1 Å². The molecule has 44 heavy (non-hydrogen) atoms. The first-order valence-corrected chi connectivity index (χ1v) is 15.8. The van der Waals surface area contributed by atoms with Crippen molar-refractivity contribution in [2.24, 2.45) is 5.41 Å². The molecule has 0 aliphatic carbocycles. The maximum Gasteiger partial charge on any atom is 0.341 e. The van der Waals surface area contributed by atoms with Crippen LogP contribution in [0.2, 0.25) is 4.34 Å². The second kappa shape index (κ2) is 13.1. The number of ether oxygens (including phenoxy) is 2. The van der Waals surface area contributed by atoms with E-state index in [1.54, 1.807) is 51.1 Å². The molecule has 1 fully saturated rings. The Balaban J connectivity index is 1.38. The first-order chi connectivity index (χ1) is 20.9. The molecule has 5 rings (SSSR count). The van der Waals surface area contributed by atoms with Crippen LogP contribution in [0.3, 0.4) is 0 Å². The molecule has 234 valence electrons. The Kier molecular flexibility index (Phi) is 9.48. The number of nitrogens with one attached hydrogen (secondary N) is 1. The van der Waals surface area contributed by atoms with Gasteiger partial charge in [-0.1, -0.05) is 16.8 Å². The van der Waals surface area contributed by atoms with Crippen LogP contribution in [0.4, 0.5) is 0 Å². The summed E-state index contributed by atoms with van der Waals surface area (Å²) in [4.78, 5) is 41.8. The monoisotopic (exact) mass is 640 g/mol. The van der Waals surface area contributed by atoms with Gasteiger partial charge >= 0.3 is 11.9 Å². The van der Waals surface area contributed by atoms with Crippen molar-refractivity contribution in [3.63, 3.8) is 0 Å². The first-order valence-electron chi connectivity index (χ1n) is 14.6. The number of piperidine rings is 1. The molecule has 1 aliphatic heterocycles. The van der Waals surface area contributed by atoms with Crippen LogP contribution in [0.5, 0.6) is 0 Å². The van der Waals surface area contributed by atoms with Crippen molar-refractivity contribution in [3.8, 4) is 10.6 Å². The minimum Gasteiger partial charge on any atom is -0.427 e. The molecule has 3 aromatic heterocycles. The number of hydrogen-bond acceptors (Lipinski definition) is 9. The topological polar surface area (TPSA) is 116 Å². The predicted octanol–water partition coefficient (Wildman–Crippen LogP) is 6.37. The molecule has 1 saturated heterocycles. The van der Waals surface area contributed by atoms with Crippen LogP contribution in [-0.2, 0) is 20.8 Å². The molecular formula is C32H37ClN4O6S. The zero-order chi connectivity index (χ0) is 31.6. The van der Waals surface area contributed by atoms with Crippen molar-refractivity contribution in [2.75, 3.05) is 19.9 Å². The van der Waals surface area contributed by atoms with Gasteiger partial charge in [-0.05, 0) is 83.9 Å². The summed E-state index contributed by atoms with van der Waals surface area (Å²) in [6.45, 7) is 11.2. The third kappa shape index (κ3) is 7.34. The average Bonchev–Trinajstić information content (AvgIpc) is 3.71. The van der Waals surface area contributed by atoms with E-state index in [1.165, 1.54) is 11.3 Å².